The van der Waals surface area contributed by atoms with E-state index in [9.17, 15) is 9.18 Å². The van der Waals surface area contributed by atoms with E-state index in [4.69, 9.17) is 9.47 Å². The number of fused-ring (bicyclic) bond motifs is 5. The van der Waals surface area contributed by atoms with Crippen molar-refractivity contribution in [2.45, 2.75) is 56.2 Å². The highest BCUT2D eigenvalue weighted by Gasteiger charge is 2.49. The number of aromatic nitrogens is 4. The first-order valence-electron chi connectivity index (χ1n) is 12.3. The van der Waals surface area contributed by atoms with Gasteiger partial charge in [-0.2, -0.15) is 0 Å². The summed E-state index contributed by atoms with van der Waals surface area (Å²) in [5.74, 6) is 0.0897. The van der Waals surface area contributed by atoms with E-state index in [1.807, 2.05) is 24.3 Å². The first kappa shape index (κ1) is 23.0. The summed E-state index contributed by atoms with van der Waals surface area (Å²) in [6.07, 6.45) is 6.12. The largest absolute Gasteiger partial charge is 0.481 e. The van der Waals surface area contributed by atoms with Gasteiger partial charge < -0.3 is 19.8 Å². The fraction of sp³-hybridized carbons (Fsp3) is 0.407. The molecule has 0 spiro atoms. The summed E-state index contributed by atoms with van der Waals surface area (Å²) in [5, 5.41) is 3.58. The Hall–Kier alpha value is -3.43. The standard InChI is InChI=1S/C27H28FN5O3/c1-35-23-7-6-21-24(33-23)17(18(28)14-29-21)8-9-27-12-10-26(11-13-27,16-36-27)30-15-22-25(34)32-20-5-3-2-4-19(20)31-22/h2-7,14,30H,8-13,15-16H2,1H3,(H,32,34). The molecule has 36 heavy (non-hydrogen) atoms. The predicted molar refractivity (Wildman–Crippen MR) is 133 cm³/mol. The third kappa shape index (κ3) is 4.12. The summed E-state index contributed by atoms with van der Waals surface area (Å²) in [4.78, 5) is 28.6. The predicted octanol–water partition coefficient (Wildman–Crippen LogP) is 3.82. The normalized spacial score (nSPS) is 23.4. The highest BCUT2D eigenvalue weighted by molar-refractivity contribution is 5.78. The molecular weight excluding hydrogens is 461 g/mol. The highest BCUT2D eigenvalue weighted by Crippen LogP contribution is 2.46. The van der Waals surface area contributed by atoms with Crippen LogP contribution in [0.3, 0.4) is 0 Å². The van der Waals surface area contributed by atoms with Crippen LogP contribution in [0.2, 0.25) is 0 Å². The van der Waals surface area contributed by atoms with Crippen LogP contribution in [0.5, 0.6) is 5.88 Å². The Balaban J connectivity index is 1.13. The van der Waals surface area contributed by atoms with Crippen LogP contribution in [0.1, 0.15) is 43.4 Å². The highest BCUT2D eigenvalue weighted by atomic mass is 19.1. The molecule has 3 aliphatic rings. The summed E-state index contributed by atoms with van der Waals surface area (Å²) in [5.41, 5.74) is 3.12. The van der Waals surface area contributed by atoms with E-state index in [1.165, 1.54) is 6.20 Å². The minimum absolute atomic E-state index is 0.170. The molecule has 0 amide bonds. The molecule has 1 aromatic carbocycles. The second-order valence-electron chi connectivity index (χ2n) is 9.94. The van der Waals surface area contributed by atoms with Crippen LogP contribution < -0.4 is 15.6 Å². The summed E-state index contributed by atoms with van der Waals surface area (Å²) in [6, 6.07) is 11.1. The Morgan fingerprint density at radius 1 is 1.11 bits per heavy atom. The summed E-state index contributed by atoms with van der Waals surface area (Å²) >= 11 is 0. The number of halogens is 1. The van der Waals surface area contributed by atoms with Crippen molar-refractivity contribution >= 4 is 22.1 Å². The summed E-state index contributed by atoms with van der Waals surface area (Å²) in [7, 11) is 1.55. The molecule has 7 rings (SSSR count). The Morgan fingerprint density at radius 3 is 2.72 bits per heavy atom. The lowest BCUT2D eigenvalue weighted by Crippen LogP contribution is -2.61. The van der Waals surface area contributed by atoms with E-state index in [2.05, 4.69) is 25.3 Å². The second kappa shape index (κ2) is 8.90. The van der Waals surface area contributed by atoms with Crippen LogP contribution >= 0.6 is 0 Å². The third-order valence-electron chi connectivity index (χ3n) is 7.85. The number of ether oxygens (including phenoxy) is 2. The molecule has 8 nitrogen and oxygen atoms in total. The molecule has 9 heteroatoms. The van der Waals surface area contributed by atoms with Gasteiger partial charge in [-0.25, -0.2) is 14.4 Å². The minimum atomic E-state index is -0.351. The monoisotopic (exact) mass is 489 g/mol. The Morgan fingerprint density at radius 2 is 1.94 bits per heavy atom. The van der Waals surface area contributed by atoms with Crippen molar-refractivity contribution in [3.8, 4) is 5.88 Å². The summed E-state index contributed by atoms with van der Waals surface area (Å²) < 4.78 is 26.4. The number of rotatable bonds is 7. The number of hydrogen-bond donors (Lipinski definition) is 2. The van der Waals surface area contributed by atoms with E-state index in [0.29, 0.717) is 54.2 Å². The number of pyridine rings is 2. The van der Waals surface area contributed by atoms with Gasteiger partial charge in [-0.05, 0) is 56.7 Å². The van der Waals surface area contributed by atoms with Gasteiger partial charge in [0, 0.05) is 23.7 Å². The number of hydrogen-bond acceptors (Lipinski definition) is 7. The Kier molecular flexibility index (Phi) is 5.69. The molecule has 2 bridgehead atoms. The number of H-pyrrole nitrogens is 1. The molecule has 2 N–H and O–H groups in total. The van der Waals surface area contributed by atoms with E-state index in [0.717, 1.165) is 36.7 Å². The van der Waals surface area contributed by atoms with Gasteiger partial charge in [-0.1, -0.05) is 12.1 Å². The smallest absolute Gasteiger partial charge is 0.271 e. The molecule has 4 aromatic rings. The minimum Gasteiger partial charge on any atom is -0.481 e. The van der Waals surface area contributed by atoms with Crippen LogP contribution in [-0.4, -0.2) is 44.8 Å². The van der Waals surface area contributed by atoms with Crippen molar-refractivity contribution < 1.29 is 13.9 Å². The number of nitrogens with one attached hydrogen (secondary N) is 2. The zero-order chi connectivity index (χ0) is 24.8. The number of para-hydroxylation sites is 2. The van der Waals surface area contributed by atoms with Gasteiger partial charge in [0.15, 0.2) is 0 Å². The second-order valence-corrected chi connectivity index (χ2v) is 9.94. The topological polar surface area (TPSA) is 102 Å². The Bertz CT molecular complexity index is 1480. The molecule has 2 aliphatic heterocycles. The molecule has 5 heterocycles. The molecule has 0 radical (unpaired) electrons. The van der Waals surface area contributed by atoms with Gasteiger partial charge in [0.1, 0.15) is 11.5 Å². The number of methoxy groups -OCH3 is 1. The van der Waals surface area contributed by atoms with Crippen molar-refractivity contribution in [1.82, 2.24) is 25.3 Å². The van der Waals surface area contributed by atoms with Gasteiger partial charge >= 0.3 is 0 Å². The maximum Gasteiger partial charge on any atom is 0.271 e. The molecule has 186 valence electrons. The lowest BCUT2D eigenvalue weighted by atomic mass is 9.69. The van der Waals surface area contributed by atoms with Crippen LogP contribution in [0.4, 0.5) is 4.39 Å². The van der Waals surface area contributed by atoms with E-state index in [-0.39, 0.29) is 22.5 Å². The zero-order valence-corrected chi connectivity index (χ0v) is 20.1. The van der Waals surface area contributed by atoms with Crippen molar-refractivity contribution in [3.05, 3.63) is 70.0 Å². The average Bonchev–Trinajstić information content (AvgIpc) is 2.92. The molecule has 1 saturated carbocycles. The number of nitrogens with zero attached hydrogens (tertiary/aromatic N) is 3. The van der Waals surface area contributed by atoms with Gasteiger partial charge in [0.05, 0.1) is 47.6 Å². The van der Waals surface area contributed by atoms with Crippen molar-refractivity contribution in [2.75, 3.05) is 13.7 Å². The van der Waals surface area contributed by atoms with Crippen LogP contribution in [0.25, 0.3) is 22.1 Å². The van der Waals surface area contributed by atoms with E-state index >= 15 is 0 Å². The van der Waals surface area contributed by atoms with E-state index < -0.39 is 0 Å². The third-order valence-corrected chi connectivity index (χ3v) is 7.85. The fourth-order valence-corrected chi connectivity index (χ4v) is 5.55. The van der Waals surface area contributed by atoms with Crippen LogP contribution in [0, 0.1) is 5.82 Å². The molecular formula is C27H28FN5O3. The van der Waals surface area contributed by atoms with E-state index in [1.54, 1.807) is 19.2 Å². The van der Waals surface area contributed by atoms with Gasteiger partial charge in [-0.3, -0.25) is 9.78 Å². The van der Waals surface area contributed by atoms with Gasteiger partial charge in [0.2, 0.25) is 5.88 Å². The molecule has 1 aliphatic carbocycles. The van der Waals surface area contributed by atoms with Crippen LogP contribution in [0.15, 0.2) is 47.4 Å². The molecule has 3 fully saturated rings. The molecule has 0 atom stereocenters. The SMILES string of the molecule is COc1ccc2ncc(F)c(CCC34CCC(NCc5nc6ccccc6[nH]c5=O)(CC3)CO4)c2n1. The first-order valence-corrected chi connectivity index (χ1v) is 12.3. The number of benzene rings is 1. The van der Waals surface area contributed by atoms with Crippen LogP contribution in [-0.2, 0) is 17.7 Å². The lowest BCUT2D eigenvalue weighted by molar-refractivity contribution is -0.165. The van der Waals surface area contributed by atoms with Crippen molar-refractivity contribution in [3.63, 3.8) is 0 Å². The maximum absolute atomic E-state index is 14.8. The number of aromatic amines is 1. The van der Waals surface area contributed by atoms with Crippen molar-refractivity contribution in [1.29, 1.82) is 0 Å². The number of aryl methyl sites for hydroxylation is 1. The van der Waals surface area contributed by atoms with Gasteiger partial charge in [-0.15, -0.1) is 0 Å². The summed E-state index contributed by atoms with van der Waals surface area (Å²) in [6.45, 7) is 0.947. The maximum atomic E-state index is 14.8. The first-order chi connectivity index (χ1) is 17.5. The van der Waals surface area contributed by atoms with Gasteiger partial charge in [0.25, 0.3) is 5.56 Å². The Labute approximate surface area is 207 Å². The fourth-order valence-electron chi connectivity index (χ4n) is 5.55. The molecule has 2 saturated heterocycles. The van der Waals surface area contributed by atoms with Crippen molar-refractivity contribution in [2.24, 2.45) is 0 Å². The molecule has 0 unspecified atom stereocenters. The average molecular weight is 490 g/mol. The zero-order valence-electron chi connectivity index (χ0n) is 20.1. The molecule has 3 aromatic heterocycles. The lowest BCUT2D eigenvalue weighted by Gasteiger charge is -2.53. The quantitative estimate of drug-likeness (QED) is 0.407.